The zero-order chi connectivity index (χ0) is 22.1. The Balaban J connectivity index is 0.000000343. The number of fused-ring (bicyclic) bond motifs is 1. The molecule has 9 nitrogen and oxygen atoms in total. The van der Waals surface area contributed by atoms with Crippen molar-refractivity contribution in [2.45, 2.75) is 32.6 Å². The Morgan fingerprint density at radius 3 is 2.47 bits per heavy atom. The van der Waals surface area contributed by atoms with Gasteiger partial charge in [-0.3, -0.25) is 5.10 Å². The van der Waals surface area contributed by atoms with Gasteiger partial charge < -0.3 is 20.3 Å². The molecule has 3 heterocycles. The SMILES string of the molecule is CCCC1=C(C(=O)OCC)C(c2cccs2)c2c[nH]nc2N1.O=C(O)/C=C\C(=O)O. The van der Waals surface area contributed by atoms with Crippen LogP contribution in [0.4, 0.5) is 5.82 Å². The number of aromatic nitrogens is 2. The second kappa shape index (κ2) is 11.0. The van der Waals surface area contributed by atoms with Gasteiger partial charge >= 0.3 is 17.9 Å². The number of aliphatic carboxylic acids is 2. The number of carbonyl (C=O) groups is 3. The number of thiophene rings is 1. The van der Waals surface area contributed by atoms with E-state index >= 15 is 0 Å². The monoisotopic (exact) mass is 433 g/mol. The van der Waals surface area contributed by atoms with Crippen LogP contribution in [0.2, 0.25) is 0 Å². The van der Waals surface area contributed by atoms with E-state index in [-0.39, 0.29) is 11.9 Å². The average molecular weight is 433 g/mol. The van der Waals surface area contributed by atoms with Gasteiger partial charge in [-0.1, -0.05) is 19.4 Å². The number of aromatic amines is 1. The summed E-state index contributed by atoms with van der Waals surface area (Å²) in [6, 6.07) is 4.06. The predicted molar refractivity (Wildman–Crippen MR) is 111 cm³/mol. The van der Waals surface area contributed by atoms with Gasteiger partial charge in [0, 0.05) is 34.5 Å². The van der Waals surface area contributed by atoms with Crippen molar-refractivity contribution in [2.75, 3.05) is 11.9 Å². The number of esters is 1. The number of carbonyl (C=O) groups excluding carboxylic acids is 1. The highest BCUT2D eigenvalue weighted by Gasteiger charge is 2.35. The molecular weight excluding hydrogens is 410 g/mol. The smallest absolute Gasteiger partial charge is 0.336 e. The van der Waals surface area contributed by atoms with Gasteiger partial charge in [0.15, 0.2) is 5.82 Å². The van der Waals surface area contributed by atoms with Crippen molar-refractivity contribution in [3.8, 4) is 0 Å². The molecule has 0 aromatic carbocycles. The number of allylic oxidation sites excluding steroid dienone is 1. The van der Waals surface area contributed by atoms with Crippen molar-refractivity contribution >= 4 is 35.1 Å². The lowest BCUT2D eigenvalue weighted by Crippen LogP contribution is -2.24. The van der Waals surface area contributed by atoms with E-state index in [1.54, 1.807) is 11.3 Å². The Labute approximate surface area is 177 Å². The van der Waals surface area contributed by atoms with Gasteiger partial charge in [-0.15, -0.1) is 11.3 Å². The molecule has 0 fully saturated rings. The quantitative estimate of drug-likeness (QED) is 0.385. The van der Waals surface area contributed by atoms with Gasteiger partial charge in [0.05, 0.1) is 18.1 Å². The Hall–Kier alpha value is -3.40. The Kier molecular flexibility index (Phi) is 8.36. The summed E-state index contributed by atoms with van der Waals surface area (Å²) in [6.45, 7) is 4.30. The number of hydrogen-bond donors (Lipinski definition) is 4. The highest BCUT2D eigenvalue weighted by Crippen LogP contribution is 2.43. The third-order valence-corrected chi connectivity index (χ3v) is 4.99. The minimum absolute atomic E-state index is 0.115. The lowest BCUT2D eigenvalue weighted by atomic mass is 9.86. The summed E-state index contributed by atoms with van der Waals surface area (Å²) in [5.74, 6) is -2.08. The third kappa shape index (κ3) is 5.80. The van der Waals surface area contributed by atoms with E-state index in [1.807, 2.05) is 24.6 Å². The number of H-pyrrole nitrogens is 1. The normalized spacial score (nSPS) is 15.1. The topological polar surface area (TPSA) is 142 Å². The highest BCUT2D eigenvalue weighted by atomic mass is 32.1. The molecule has 4 N–H and O–H groups in total. The number of nitrogens with zero attached hydrogens (tertiary/aromatic N) is 1. The molecule has 0 radical (unpaired) electrons. The second-order valence-corrected chi connectivity index (χ2v) is 7.11. The molecule has 1 aliphatic rings. The molecule has 1 unspecified atom stereocenters. The molecule has 30 heavy (non-hydrogen) atoms. The molecule has 0 saturated carbocycles. The minimum Gasteiger partial charge on any atom is -0.478 e. The van der Waals surface area contributed by atoms with Crippen LogP contribution in [0.15, 0.2) is 47.1 Å². The Bertz CT molecular complexity index is 930. The van der Waals surface area contributed by atoms with Crippen molar-refractivity contribution in [2.24, 2.45) is 0 Å². The number of ether oxygens (including phenoxy) is 1. The van der Waals surface area contributed by atoms with E-state index in [2.05, 4.69) is 28.5 Å². The zero-order valence-electron chi connectivity index (χ0n) is 16.5. The Morgan fingerprint density at radius 1 is 1.23 bits per heavy atom. The maximum absolute atomic E-state index is 12.6. The summed E-state index contributed by atoms with van der Waals surface area (Å²) < 4.78 is 5.32. The van der Waals surface area contributed by atoms with E-state index in [9.17, 15) is 14.4 Å². The Morgan fingerprint density at radius 2 is 1.93 bits per heavy atom. The molecule has 2 aromatic rings. The van der Waals surface area contributed by atoms with Gasteiger partial charge in [0.2, 0.25) is 0 Å². The lowest BCUT2D eigenvalue weighted by Gasteiger charge is -2.27. The summed E-state index contributed by atoms with van der Waals surface area (Å²) in [5, 5.41) is 28.1. The van der Waals surface area contributed by atoms with Gasteiger partial charge in [0.25, 0.3) is 0 Å². The second-order valence-electron chi connectivity index (χ2n) is 6.14. The maximum atomic E-state index is 12.6. The van der Waals surface area contributed by atoms with Crippen LogP contribution < -0.4 is 5.32 Å². The molecule has 10 heteroatoms. The molecule has 1 aliphatic heterocycles. The molecule has 0 aliphatic carbocycles. The van der Waals surface area contributed by atoms with E-state index in [4.69, 9.17) is 14.9 Å². The van der Waals surface area contributed by atoms with Crippen molar-refractivity contribution in [3.63, 3.8) is 0 Å². The van der Waals surface area contributed by atoms with Gasteiger partial charge in [-0.2, -0.15) is 5.10 Å². The summed E-state index contributed by atoms with van der Waals surface area (Å²) in [5.41, 5.74) is 2.62. The first-order valence-electron chi connectivity index (χ1n) is 9.27. The lowest BCUT2D eigenvalue weighted by molar-refractivity contribution is -0.139. The first kappa shape index (κ1) is 22.9. The zero-order valence-corrected chi connectivity index (χ0v) is 17.4. The van der Waals surface area contributed by atoms with E-state index in [0.717, 1.165) is 34.8 Å². The molecule has 160 valence electrons. The molecule has 2 aromatic heterocycles. The minimum atomic E-state index is -1.26. The molecular formula is C20H23N3O6S. The number of carboxylic acid groups (broad SMARTS) is 2. The van der Waals surface area contributed by atoms with Crippen molar-refractivity contribution in [1.29, 1.82) is 0 Å². The van der Waals surface area contributed by atoms with Crippen molar-refractivity contribution in [1.82, 2.24) is 10.2 Å². The van der Waals surface area contributed by atoms with Crippen LogP contribution >= 0.6 is 11.3 Å². The molecule has 0 amide bonds. The summed E-state index contributed by atoms with van der Waals surface area (Å²) in [7, 11) is 0. The largest absolute Gasteiger partial charge is 0.478 e. The van der Waals surface area contributed by atoms with Crippen LogP contribution in [0.25, 0.3) is 0 Å². The summed E-state index contributed by atoms with van der Waals surface area (Å²) in [4.78, 5) is 32.8. The van der Waals surface area contributed by atoms with Gasteiger partial charge in [-0.25, -0.2) is 14.4 Å². The molecule has 0 saturated heterocycles. The summed E-state index contributed by atoms with van der Waals surface area (Å²) >= 11 is 1.64. The number of rotatable bonds is 7. The predicted octanol–water partition coefficient (Wildman–Crippen LogP) is 3.36. The molecule has 3 rings (SSSR count). The van der Waals surface area contributed by atoms with Crippen LogP contribution in [-0.2, 0) is 19.1 Å². The highest BCUT2D eigenvalue weighted by molar-refractivity contribution is 7.10. The van der Waals surface area contributed by atoms with Crippen LogP contribution in [0, 0.1) is 0 Å². The fraction of sp³-hybridized carbons (Fsp3) is 0.300. The molecule has 0 bridgehead atoms. The molecule has 0 spiro atoms. The summed E-state index contributed by atoms with van der Waals surface area (Å²) in [6.07, 6.45) is 4.71. The first-order valence-corrected chi connectivity index (χ1v) is 10.1. The fourth-order valence-corrected chi connectivity index (χ4v) is 3.80. The molecule has 1 atom stereocenters. The standard InChI is InChI=1S/C16H19N3O2S.C4H4O4/c1-3-6-11-14(16(20)21-4-2)13(12-7-5-8-22-12)10-9-17-19-15(10)18-11;5-3(6)1-2-4(7)8/h5,7-9,13H,3-4,6H2,1-2H3,(H2,17,18,19);1-2H,(H,5,6)(H,7,8)/b;2-1-. The van der Waals surface area contributed by atoms with Crippen molar-refractivity contribution in [3.05, 3.63) is 57.6 Å². The average Bonchev–Trinajstić information content (AvgIpc) is 3.38. The third-order valence-electron chi connectivity index (χ3n) is 4.06. The fourth-order valence-electron chi connectivity index (χ4n) is 2.95. The van der Waals surface area contributed by atoms with Crippen LogP contribution in [0.3, 0.4) is 0 Å². The number of hydrogen-bond acceptors (Lipinski definition) is 7. The van der Waals surface area contributed by atoms with Crippen LogP contribution in [-0.4, -0.2) is 44.9 Å². The van der Waals surface area contributed by atoms with E-state index < -0.39 is 11.9 Å². The number of carboxylic acids is 2. The van der Waals surface area contributed by atoms with Gasteiger partial charge in [-0.05, 0) is 24.8 Å². The van der Waals surface area contributed by atoms with E-state index in [0.29, 0.717) is 24.3 Å². The first-order chi connectivity index (χ1) is 14.4. The van der Waals surface area contributed by atoms with Crippen LogP contribution in [0.1, 0.15) is 43.0 Å². The number of nitrogens with one attached hydrogen (secondary N) is 2. The van der Waals surface area contributed by atoms with Crippen LogP contribution in [0.5, 0.6) is 0 Å². The number of anilines is 1. The maximum Gasteiger partial charge on any atom is 0.336 e. The van der Waals surface area contributed by atoms with Gasteiger partial charge in [0.1, 0.15) is 0 Å². The van der Waals surface area contributed by atoms with Crippen molar-refractivity contribution < 1.29 is 29.3 Å². The van der Waals surface area contributed by atoms with E-state index in [1.165, 1.54) is 0 Å².